The maximum Gasteiger partial charge on any atom is 0.354 e. The van der Waals surface area contributed by atoms with E-state index in [1.807, 2.05) is 6.92 Å². The van der Waals surface area contributed by atoms with E-state index < -0.39 is 11.9 Å². The fraction of sp³-hybridized carbons (Fsp3) is 0.500. The average Bonchev–Trinajstić information content (AvgIpc) is 3.49. The number of nitrogens with one attached hydrogen (secondary N) is 2. The van der Waals surface area contributed by atoms with Gasteiger partial charge in [-0.25, -0.2) is 9.78 Å². The van der Waals surface area contributed by atoms with Crippen molar-refractivity contribution in [1.29, 1.82) is 0 Å². The van der Waals surface area contributed by atoms with E-state index in [2.05, 4.69) is 32.6 Å². The number of amides is 2. The van der Waals surface area contributed by atoms with E-state index in [1.54, 1.807) is 18.2 Å². The lowest BCUT2D eigenvalue weighted by Gasteiger charge is -2.53. The van der Waals surface area contributed by atoms with Crippen LogP contribution >= 0.6 is 12.4 Å². The van der Waals surface area contributed by atoms with Crippen molar-refractivity contribution in [2.45, 2.75) is 72.4 Å². The molecule has 2 bridgehead atoms. The topological polar surface area (TPSA) is 200 Å². The number of carboxylic acid groups (broad SMARTS) is 1. The molecule has 3 saturated carbocycles. The van der Waals surface area contributed by atoms with Gasteiger partial charge in [-0.15, -0.1) is 12.4 Å². The molecule has 244 valence electrons. The van der Waals surface area contributed by atoms with E-state index in [1.165, 1.54) is 0 Å². The van der Waals surface area contributed by atoms with Gasteiger partial charge in [0.1, 0.15) is 17.8 Å². The molecule has 3 aromatic rings. The Morgan fingerprint density at radius 3 is 2.49 bits per heavy atom. The van der Waals surface area contributed by atoms with Crippen LogP contribution in [0.5, 0.6) is 5.75 Å². The first kappa shape index (κ1) is 35.2. The van der Waals surface area contributed by atoms with Crippen LogP contribution in [0.15, 0.2) is 30.6 Å². The highest BCUT2D eigenvalue weighted by atomic mass is 35.5. The van der Waals surface area contributed by atoms with E-state index in [0.29, 0.717) is 23.5 Å². The summed E-state index contributed by atoms with van der Waals surface area (Å²) in [6, 6.07) is 6.51. The maximum absolute atomic E-state index is 12.4. The summed E-state index contributed by atoms with van der Waals surface area (Å²) in [7, 11) is 0. The smallest absolute Gasteiger partial charge is 0.354 e. The molecule has 14 nitrogen and oxygen atoms in total. The number of carbonyl (C=O) groups is 4. The number of esters is 1. The van der Waals surface area contributed by atoms with Gasteiger partial charge in [-0.2, -0.15) is 14.6 Å². The summed E-state index contributed by atoms with van der Waals surface area (Å²) in [6.07, 6.45) is 7.39. The molecule has 4 aliphatic rings. The van der Waals surface area contributed by atoms with Crippen molar-refractivity contribution in [2.24, 2.45) is 16.6 Å². The van der Waals surface area contributed by atoms with Gasteiger partial charge in [0, 0.05) is 18.7 Å². The molecule has 45 heavy (non-hydrogen) atoms. The summed E-state index contributed by atoms with van der Waals surface area (Å²) >= 11 is 0. The number of hydrogen-bond acceptors (Lipinski definition) is 10. The number of hydrogen-bond donors (Lipinski definition) is 4. The van der Waals surface area contributed by atoms with Gasteiger partial charge in [0.25, 0.3) is 17.6 Å². The number of halogens is 1. The number of rotatable bonds is 7. The van der Waals surface area contributed by atoms with Crippen LogP contribution in [0.4, 0.5) is 5.69 Å². The van der Waals surface area contributed by atoms with Gasteiger partial charge in [0.2, 0.25) is 0 Å². The van der Waals surface area contributed by atoms with Gasteiger partial charge in [0.15, 0.2) is 12.3 Å². The molecular weight excluding hydrogens is 606 g/mol. The average molecular weight is 646 g/mol. The minimum atomic E-state index is -1.26. The molecule has 0 saturated heterocycles. The summed E-state index contributed by atoms with van der Waals surface area (Å²) < 4.78 is 11.5. The largest absolute Gasteiger partial charge is 0.482 e. The van der Waals surface area contributed by atoms with E-state index >= 15 is 0 Å². The molecule has 3 fully saturated rings. The molecule has 2 aromatic heterocycles. The summed E-state index contributed by atoms with van der Waals surface area (Å²) in [5.74, 6) is -1.49. The second-order valence-corrected chi connectivity index (χ2v) is 11.3. The molecular formula is C30H40ClN7O7. The van der Waals surface area contributed by atoms with Crippen LogP contribution in [-0.4, -0.2) is 67.7 Å². The standard InChI is InChI=1S/C16H12N6O5.C13H23NO2.CH4.ClH/c23-13-6-27-12-2-1-8(3-9(12)20-13)5-17-14(24)10-4-11(15(25)26)22-16(21-10)18-7-19-22;1-3-16-11(15)13-7-4-12(5-8-13,6-9-13)10(2)14;;/h1-4,7H,5-6H2,(H,17,24)(H,20,23)(H,25,26);10H,3-9,14H2,1-2H3;1H4;1H. The molecule has 1 aliphatic heterocycles. The highest BCUT2D eigenvalue weighted by Gasteiger charge is 2.54. The van der Waals surface area contributed by atoms with Crippen LogP contribution in [0.2, 0.25) is 0 Å². The lowest BCUT2D eigenvalue weighted by molar-refractivity contribution is -0.166. The number of nitrogens with two attached hydrogens (primary N) is 1. The fourth-order valence-electron chi connectivity index (χ4n) is 6.08. The first-order chi connectivity index (χ1) is 20.6. The molecule has 2 amide bonds. The molecule has 15 heteroatoms. The number of benzene rings is 1. The van der Waals surface area contributed by atoms with Crippen molar-refractivity contribution in [1.82, 2.24) is 24.9 Å². The number of anilines is 1. The molecule has 3 aliphatic carbocycles. The SMILES string of the molecule is C.CCOC(=O)C12CCC(C(C)N)(CC1)CC2.Cl.O=C1COc2ccc(CNC(=O)c3cc(C(=O)O)n4ncnc4n3)cc2N1. The highest BCUT2D eigenvalue weighted by Crippen LogP contribution is 2.58. The van der Waals surface area contributed by atoms with E-state index in [-0.39, 0.29) is 73.5 Å². The number of fused-ring (bicyclic) bond motifs is 5. The second kappa shape index (κ2) is 14.2. The van der Waals surface area contributed by atoms with Gasteiger partial charge in [-0.3, -0.25) is 14.4 Å². The summed E-state index contributed by atoms with van der Waals surface area (Å²) in [5.41, 5.74) is 7.17. The van der Waals surface area contributed by atoms with Crippen molar-refractivity contribution in [2.75, 3.05) is 18.5 Å². The van der Waals surface area contributed by atoms with E-state index in [0.717, 1.165) is 61.0 Å². The Balaban J connectivity index is 0.000000265. The van der Waals surface area contributed by atoms with Crippen molar-refractivity contribution in [3.8, 4) is 5.75 Å². The highest BCUT2D eigenvalue weighted by molar-refractivity contribution is 5.96. The Morgan fingerprint density at radius 2 is 1.87 bits per heavy atom. The zero-order chi connectivity index (χ0) is 30.8. The molecule has 0 spiro atoms. The second-order valence-electron chi connectivity index (χ2n) is 11.3. The predicted octanol–water partition coefficient (Wildman–Crippen LogP) is 3.38. The van der Waals surface area contributed by atoms with Gasteiger partial charge < -0.3 is 30.9 Å². The van der Waals surface area contributed by atoms with Gasteiger partial charge in [-0.05, 0) is 75.5 Å². The van der Waals surface area contributed by atoms with Crippen molar-refractivity contribution in [3.63, 3.8) is 0 Å². The molecule has 1 aromatic carbocycles. The Labute approximate surface area is 266 Å². The number of aromatic nitrogens is 4. The summed E-state index contributed by atoms with van der Waals surface area (Å²) in [4.78, 5) is 54.9. The quantitative estimate of drug-likeness (QED) is 0.275. The van der Waals surface area contributed by atoms with Crippen LogP contribution in [0.3, 0.4) is 0 Å². The minimum absolute atomic E-state index is 0. The van der Waals surface area contributed by atoms with Crippen LogP contribution in [-0.2, 0) is 20.9 Å². The number of carbonyl (C=O) groups excluding carboxylic acids is 3. The fourth-order valence-corrected chi connectivity index (χ4v) is 6.08. The minimum Gasteiger partial charge on any atom is -0.482 e. The molecule has 7 rings (SSSR count). The first-order valence-electron chi connectivity index (χ1n) is 14.3. The van der Waals surface area contributed by atoms with E-state index in [4.69, 9.17) is 15.2 Å². The lowest BCUT2D eigenvalue weighted by Crippen LogP contribution is -2.52. The third-order valence-corrected chi connectivity index (χ3v) is 8.81. The van der Waals surface area contributed by atoms with Crippen LogP contribution < -0.4 is 21.1 Å². The van der Waals surface area contributed by atoms with Crippen LogP contribution in [0.1, 0.15) is 86.3 Å². The molecule has 0 radical (unpaired) electrons. The Morgan fingerprint density at radius 1 is 1.18 bits per heavy atom. The number of ether oxygens (including phenoxy) is 2. The third kappa shape index (κ3) is 7.17. The Bertz CT molecular complexity index is 1550. The first-order valence-corrected chi connectivity index (χ1v) is 14.3. The summed E-state index contributed by atoms with van der Waals surface area (Å²) in [6.45, 7) is 4.60. The zero-order valence-electron chi connectivity index (χ0n) is 24.5. The molecule has 1 atom stereocenters. The van der Waals surface area contributed by atoms with E-state index in [9.17, 15) is 24.3 Å². The van der Waals surface area contributed by atoms with Crippen molar-refractivity contribution >= 4 is 47.6 Å². The maximum atomic E-state index is 12.4. The monoisotopic (exact) mass is 645 g/mol. The zero-order valence-corrected chi connectivity index (χ0v) is 25.3. The molecule has 1 unspecified atom stereocenters. The normalized spacial score (nSPS) is 21.7. The number of aromatic carboxylic acids is 1. The van der Waals surface area contributed by atoms with Gasteiger partial charge in [0.05, 0.1) is 17.7 Å². The Kier molecular flexibility index (Phi) is 11.1. The van der Waals surface area contributed by atoms with Gasteiger partial charge >= 0.3 is 11.9 Å². The predicted molar refractivity (Wildman–Crippen MR) is 166 cm³/mol. The number of carboxylic acids is 1. The molecule has 3 heterocycles. The molecule has 5 N–H and O–H groups in total. The number of nitrogens with zero attached hydrogens (tertiary/aromatic N) is 4. The lowest BCUT2D eigenvalue weighted by atomic mass is 9.52. The van der Waals surface area contributed by atoms with Crippen molar-refractivity contribution < 1.29 is 33.8 Å². The van der Waals surface area contributed by atoms with Crippen molar-refractivity contribution in [3.05, 3.63) is 47.5 Å². The third-order valence-electron chi connectivity index (χ3n) is 8.81. The Hall–Kier alpha value is -4.30. The van der Waals surface area contributed by atoms with Gasteiger partial charge in [-0.1, -0.05) is 13.5 Å². The van der Waals surface area contributed by atoms with Crippen LogP contribution in [0.25, 0.3) is 5.78 Å². The van der Waals surface area contributed by atoms with Crippen LogP contribution in [0, 0.1) is 10.8 Å². The summed E-state index contributed by atoms with van der Waals surface area (Å²) in [5, 5.41) is 18.4.